The lowest BCUT2D eigenvalue weighted by atomic mass is 9.79. The third-order valence-electron chi connectivity index (χ3n) is 4.85. The largest absolute Gasteiger partial charge is 0.433 e. The van der Waals surface area contributed by atoms with Gasteiger partial charge in [-0.15, -0.1) is 0 Å². The van der Waals surface area contributed by atoms with Crippen molar-refractivity contribution in [1.82, 2.24) is 9.97 Å². The molecule has 0 spiro atoms. The summed E-state index contributed by atoms with van der Waals surface area (Å²) >= 11 is 11.7. The van der Waals surface area contributed by atoms with Crippen molar-refractivity contribution in [2.45, 2.75) is 30.7 Å². The van der Waals surface area contributed by atoms with Gasteiger partial charge >= 0.3 is 12.4 Å². The maximum absolute atomic E-state index is 14.1. The number of anilines is 1. The van der Waals surface area contributed by atoms with Gasteiger partial charge in [0, 0.05) is 41.4 Å². The van der Waals surface area contributed by atoms with Crippen LogP contribution < -0.4 is 10.6 Å². The predicted molar refractivity (Wildman–Crippen MR) is 96.0 cm³/mol. The Balaban J connectivity index is 2.04. The van der Waals surface area contributed by atoms with Crippen molar-refractivity contribution in [3.63, 3.8) is 0 Å². The van der Waals surface area contributed by atoms with Gasteiger partial charge < -0.3 is 10.6 Å². The Morgan fingerprint density at radius 1 is 1.07 bits per heavy atom. The Kier molecular flexibility index (Phi) is 5.65. The Morgan fingerprint density at radius 3 is 2.21 bits per heavy atom. The summed E-state index contributed by atoms with van der Waals surface area (Å²) in [6, 6.07) is 3.61. The highest BCUT2D eigenvalue weighted by Crippen LogP contribution is 2.49. The van der Waals surface area contributed by atoms with Gasteiger partial charge in [0.05, 0.1) is 0 Å². The van der Waals surface area contributed by atoms with Crippen molar-refractivity contribution >= 4 is 29.2 Å². The van der Waals surface area contributed by atoms with E-state index in [0.29, 0.717) is 0 Å². The quantitative estimate of drug-likeness (QED) is 0.659. The van der Waals surface area contributed by atoms with Crippen LogP contribution >= 0.6 is 23.2 Å². The van der Waals surface area contributed by atoms with Crippen LogP contribution in [0.5, 0.6) is 0 Å². The van der Waals surface area contributed by atoms with Crippen LogP contribution in [0.15, 0.2) is 24.4 Å². The first-order valence-electron chi connectivity index (χ1n) is 8.29. The summed E-state index contributed by atoms with van der Waals surface area (Å²) in [5, 5.41) is 0.0509. The predicted octanol–water partition coefficient (Wildman–Crippen LogP) is 4.97. The minimum absolute atomic E-state index is 0.0254. The fourth-order valence-electron chi connectivity index (χ4n) is 3.39. The second-order valence-corrected chi connectivity index (χ2v) is 7.53. The first kappa shape index (κ1) is 21.9. The van der Waals surface area contributed by atoms with E-state index in [1.807, 2.05) is 0 Å². The zero-order valence-corrected chi connectivity index (χ0v) is 16.1. The lowest BCUT2D eigenvalue weighted by Crippen LogP contribution is -2.45. The number of alkyl halides is 6. The fourth-order valence-corrected chi connectivity index (χ4v) is 3.91. The molecule has 1 atom stereocenters. The molecular formula is C17H14Cl2F6N4. The molecule has 1 aliphatic heterocycles. The van der Waals surface area contributed by atoms with E-state index in [1.165, 1.54) is 6.07 Å². The summed E-state index contributed by atoms with van der Waals surface area (Å²) in [5.41, 5.74) is 1.13. The molecule has 1 aromatic carbocycles. The normalized spacial score (nSPS) is 20.4. The van der Waals surface area contributed by atoms with E-state index in [4.69, 9.17) is 28.9 Å². The SMILES string of the molecule is NCc1cnc(N2CCC(c3cc(Cl)cc(Cl)c3)(C(F)(F)F)C2)nc1C(F)(F)F. The van der Waals surface area contributed by atoms with Crippen LogP contribution in [-0.4, -0.2) is 29.2 Å². The molecule has 2 N–H and O–H groups in total. The van der Waals surface area contributed by atoms with E-state index in [-0.39, 0.29) is 27.7 Å². The summed E-state index contributed by atoms with van der Waals surface area (Å²) in [4.78, 5) is 8.33. The molecule has 29 heavy (non-hydrogen) atoms. The van der Waals surface area contributed by atoms with Crippen molar-refractivity contribution in [2.75, 3.05) is 18.0 Å². The van der Waals surface area contributed by atoms with Gasteiger partial charge in [-0.3, -0.25) is 0 Å². The number of hydrogen-bond donors (Lipinski definition) is 1. The highest BCUT2D eigenvalue weighted by molar-refractivity contribution is 6.34. The van der Waals surface area contributed by atoms with Gasteiger partial charge in [0.2, 0.25) is 5.95 Å². The van der Waals surface area contributed by atoms with Crippen LogP contribution in [0.25, 0.3) is 0 Å². The average Bonchev–Trinajstić information content (AvgIpc) is 3.06. The summed E-state index contributed by atoms with van der Waals surface area (Å²) < 4.78 is 81.9. The summed E-state index contributed by atoms with van der Waals surface area (Å²) in [5.74, 6) is -0.450. The van der Waals surface area contributed by atoms with Crippen molar-refractivity contribution in [1.29, 1.82) is 0 Å². The number of nitrogens with two attached hydrogens (primary N) is 1. The third-order valence-corrected chi connectivity index (χ3v) is 5.29. The zero-order valence-electron chi connectivity index (χ0n) is 14.6. The van der Waals surface area contributed by atoms with Crippen LogP contribution in [0.3, 0.4) is 0 Å². The topological polar surface area (TPSA) is 55.0 Å². The molecule has 1 aromatic heterocycles. The maximum Gasteiger partial charge on any atom is 0.433 e. The van der Waals surface area contributed by atoms with E-state index in [0.717, 1.165) is 23.2 Å². The summed E-state index contributed by atoms with van der Waals surface area (Å²) in [7, 11) is 0. The van der Waals surface area contributed by atoms with Gasteiger partial charge in [-0.25, -0.2) is 9.97 Å². The molecule has 1 aliphatic rings. The molecule has 158 valence electrons. The smallest absolute Gasteiger partial charge is 0.340 e. The second-order valence-electron chi connectivity index (χ2n) is 6.66. The van der Waals surface area contributed by atoms with Crippen LogP contribution in [0.2, 0.25) is 10.0 Å². The first-order chi connectivity index (χ1) is 13.4. The van der Waals surface area contributed by atoms with Crippen LogP contribution in [0.4, 0.5) is 32.3 Å². The molecule has 4 nitrogen and oxygen atoms in total. The van der Waals surface area contributed by atoms with Crippen LogP contribution in [0, 0.1) is 0 Å². The van der Waals surface area contributed by atoms with Crippen LogP contribution in [-0.2, 0) is 18.1 Å². The molecule has 0 bridgehead atoms. The number of aromatic nitrogens is 2. The molecule has 0 amide bonds. The molecule has 12 heteroatoms. The van der Waals surface area contributed by atoms with E-state index in [1.54, 1.807) is 0 Å². The Labute approximate surface area is 171 Å². The van der Waals surface area contributed by atoms with E-state index in [9.17, 15) is 26.3 Å². The second kappa shape index (κ2) is 7.48. The number of halogens is 8. The minimum atomic E-state index is -4.81. The monoisotopic (exact) mass is 458 g/mol. The van der Waals surface area contributed by atoms with Gasteiger partial charge in [-0.05, 0) is 30.2 Å². The van der Waals surface area contributed by atoms with Crippen LogP contribution in [0.1, 0.15) is 23.2 Å². The van der Waals surface area contributed by atoms with Gasteiger partial charge in [-0.1, -0.05) is 23.2 Å². The van der Waals surface area contributed by atoms with Gasteiger partial charge in [0.25, 0.3) is 0 Å². The molecular weight excluding hydrogens is 445 g/mol. The minimum Gasteiger partial charge on any atom is -0.340 e. The first-order valence-corrected chi connectivity index (χ1v) is 9.04. The molecule has 0 radical (unpaired) electrons. The summed E-state index contributed by atoms with van der Waals surface area (Å²) in [6.45, 7) is -1.34. The molecule has 0 saturated carbocycles. The summed E-state index contributed by atoms with van der Waals surface area (Å²) in [6.07, 6.45) is -9.06. The number of benzene rings is 1. The van der Waals surface area contributed by atoms with Gasteiger partial charge in [-0.2, -0.15) is 26.3 Å². The van der Waals surface area contributed by atoms with Gasteiger partial charge in [0.1, 0.15) is 5.41 Å². The Bertz CT molecular complexity index is 898. The molecule has 2 heterocycles. The van der Waals surface area contributed by atoms with Gasteiger partial charge in [0.15, 0.2) is 5.69 Å². The highest BCUT2D eigenvalue weighted by atomic mass is 35.5. The lowest BCUT2D eigenvalue weighted by molar-refractivity contribution is -0.184. The van der Waals surface area contributed by atoms with Crippen molar-refractivity contribution < 1.29 is 26.3 Å². The van der Waals surface area contributed by atoms with E-state index >= 15 is 0 Å². The zero-order chi connectivity index (χ0) is 21.6. The van der Waals surface area contributed by atoms with E-state index < -0.39 is 48.9 Å². The van der Waals surface area contributed by atoms with Crippen molar-refractivity contribution in [3.8, 4) is 0 Å². The molecule has 1 unspecified atom stereocenters. The number of nitrogens with zero attached hydrogens (tertiary/aromatic N) is 3. The standard InChI is InChI=1S/C17H14Cl2F6N4/c18-11-3-10(4-12(19)5-11)15(17(23,24)25)1-2-29(8-15)14-27-7-9(6-26)13(28-14)16(20,21)22/h3-5,7H,1-2,6,8,26H2. The third kappa shape index (κ3) is 4.10. The molecule has 2 aromatic rings. The Morgan fingerprint density at radius 2 is 1.69 bits per heavy atom. The molecule has 1 fully saturated rings. The molecule has 1 saturated heterocycles. The number of rotatable bonds is 3. The number of hydrogen-bond acceptors (Lipinski definition) is 4. The fraction of sp³-hybridized carbons (Fsp3) is 0.412. The lowest BCUT2D eigenvalue weighted by Gasteiger charge is -2.32. The molecule has 0 aliphatic carbocycles. The Hall–Kier alpha value is -1.78. The van der Waals surface area contributed by atoms with E-state index in [2.05, 4.69) is 9.97 Å². The highest BCUT2D eigenvalue weighted by Gasteiger charge is 2.59. The van der Waals surface area contributed by atoms with Crippen molar-refractivity contribution in [2.24, 2.45) is 5.73 Å². The average molecular weight is 459 g/mol. The molecule has 3 rings (SSSR count). The van der Waals surface area contributed by atoms with Crippen molar-refractivity contribution in [3.05, 3.63) is 51.3 Å². The maximum atomic E-state index is 14.1.